The van der Waals surface area contributed by atoms with Crippen molar-refractivity contribution in [3.63, 3.8) is 0 Å². The molecule has 10 atom stereocenters. The predicted octanol–water partition coefficient (Wildman–Crippen LogP) is -4.82. The molecule has 0 bridgehead atoms. The summed E-state index contributed by atoms with van der Waals surface area (Å²) in [7, 11) is 0. The van der Waals surface area contributed by atoms with E-state index in [1.807, 2.05) is 0 Å². The zero-order valence-corrected chi connectivity index (χ0v) is 44.3. The minimum atomic E-state index is -1.92. The van der Waals surface area contributed by atoms with Crippen LogP contribution < -0.4 is 65.5 Å². The predicted molar refractivity (Wildman–Crippen MR) is 283 cm³/mol. The fourth-order valence-electron chi connectivity index (χ4n) is 7.47. The lowest BCUT2D eigenvalue weighted by Crippen LogP contribution is -2.61. The number of hydrogen-bond donors (Lipinski definition) is 17. The van der Waals surface area contributed by atoms with Crippen LogP contribution in [0.1, 0.15) is 83.3 Å². The molecule has 2 rings (SSSR count). The third-order valence-corrected chi connectivity index (χ3v) is 12.1. The van der Waals surface area contributed by atoms with Crippen molar-refractivity contribution in [1.29, 1.82) is 0 Å². The smallest absolute Gasteiger partial charge is 0.326 e. The first-order valence-electron chi connectivity index (χ1n) is 25.3. The maximum absolute atomic E-state index is 14.1. The van der Waals surface area contributed by atoms with E-state index in [2.05, 4.69) is 47.5 Å². The molecule has 30 heteroatoms. The van der Waals surface area contributed by atoms with Gasteiger partial charge in [-0.3, -0.25) is 57.7 Å². The number of carbonyl (C=O) groups excluding carboxylic acids is 9. The lowest BCUT2D eigenvalue weighted by atomic mass is 9.98. The molecular weight excluding hydrogens is 1050 g/mol. The average Bonchev–Trinajstić information content (AvgIpc) is 3.39. The van der Waals surface area contributed by atoms with Gasteiger partial charge in [0.2, 0.25) is 53.2 Å². The summed E-state index contributed by atoms with van der Waals surface area (Å²) in [5, 5.41) is 67.6. The van der Waals surface area contributed by atoms with Crippen molar-refractivity contribution >= 4 is 77.0 Å². The van der Waals surface area contributed by atoms with Gasteiger partial charge in [0.25, 0.3) is 0 Å². The van der Waals surface area contributed by atoms with Crippen molar-refractivity contribution in [2.75, 3.05) is 13.1 Å². The summed E-state index contributed by atoms with van der Waals surface area (Å²) in [6, 6.07) is 0.787. The van der Waals surface area contributed by atoms with E-state index in [0.717, 1.165) is 6.92 Å². The molecule has 0 saturated heterocycles. The molecule has 0 aliphatic heterocycles. The van der Waals surface area contributed by atoms with Gasteiger partial charge in [-0.1, -0.05) is 62.7 Å². The monoisotopic (exact) mass is 1130 g/mol. The number of carbonyl (C=O) groups is 12. The van der Waals surface area contributed by atoms with Crippen molar-refractivity contribution in [2.45, 2.75) is 139 Å². The Morgan fingerprint density at radius 3 is 1.62 bits per heavy atom. The van der Waals surface area contributed by atoms with Gasteiger partial charge in [0, 0.05) is 32.2 Å². The Labute approximate surface area is 459 Å². The Morgan fingerprint density at radius 1 is 0.562 bits per heavy atom. The highest BCUT2D eigenvalue weighted by Crippen LogP contribution is 2.14. The number of aliphatic imine (C=N–C) groups is 1. The van der Waals surface area contributed by atoms with Gasteiger partial charge in [-0.05, 0) is 61.8 Å². The maximum Gasteiger partial charge on any atom is 0.326 e. The fraction of sp³-hybridized carbons (Fsp3) is 0.500. The minimum absolute atomic E-state index is 0.0152. The number of phenols is 1. The number of guanidine groups is 1. The summed E-state index contributed by atoms with van der Waals surface area (Å²) in [6.45, 7) is 3.39. The highest BCUT2D eigenvalue weighted by Gasteiger charge is 2.36. The van der Waals surface area contributed by atoms with Crippen LogP contribution in [0.5, 0.6) is 5.75 Å². The van der Waals surface area contributed by atoms with Crippen molar-refractivity contribution in [3.05, 3.63) is 65.7 Å². The van der Waals surface area contributed by atoms with E-state index in [9.17, 15) is 78.0 Å². The average molecular weight is 1130 g/mol. The third kappa shape index (κ3) is 25.0. The van der Waals surface area contributed by atoms with E-state index in [0.29, 0.717) is 11.1 Å². The van der Waals surface area contributed by atoms with Crippen LogP contribution in [0.25, 0.3) is 0 Å². The van der Waals surface area contributed by atoms with Gasteiger partial charge in [-0.2, -0.15) is 0 Å². The van der Waals surface area contributed by atoms with Gasteiger partial charge in [-0.25, -0.2) is 4.79 Å². The standard InChI is InChI=1S/C50H73N13O17/c1-4-25(2)40(49(79)80)62-47(77)35(23-39(70)71)61-44(74)32(17-18-36(52)66)59-48(78)41(26(3)64)63-46(76)33(21-27-9-6-5-7-10-27)57-37(67)24-56-43(73)31(11-8-20-55-50(53)54)58-45(75)34(22-28-12-14-29(65)15-13-28)60-42(72)30(51)16-19-38(68)69/h5-7,9-10,12-15,25-26,30-35,40-41,64-65H,4,8,11,16-24,51H2,1-3H3,(H2,52,66)(H,56,73)(H,57,67)(H,58,75)(H,59,78)(H,60,72)(H,61,74)(H,62,77)(H,63,76)(H,68,69)(H,70,71)(H,79,80)(H4,53,54,55). The summed E-state index contributed by atoms with van der Waals surface area (Å²) >= 11 is 0. The number of aliphatic carboxylic acids is 3. The Morgan fingerprint density at radius 2 is 1.07 bits per heavy atom. The highest BCUT2D eigenvalue weighted by molar-refractivity contribution is 5.98. The first-order valence-corrected chi connectivity index (χ1v) is 25.3. The maximum atomic E-state index is 14.1. The van der Waals surface area contributed by atoms with Gasteiger partial charge in [-0.15, -0.1) is 0 Å². The lowest BCUT2D eigenvalue weighted by molar-refractivity contribution is -0.145. The minimum Gasteiger partial charge on any atom is -0.508 e. The number of aliphatic hydroxyl groups excluding tert-OH is 1. The Balaban J connectivity index is 2.40. The summed E-state index contributed by atoms with van der Waals surface area (Å²) < 4.78 is 0. The summed E-state index contributed by atoms with van der Waals surface area (Å²) in [5.74, 6) is -14.7. The topological polar surface area (TPSA) is 519 Å². The number of carboxylic acids is 3. The Bertz CT molecular complexity index is 2510. The molecule has 30 nitrogen and oxygen atoms in total. The summed E-state index contributed by atoms with van der Waals surface area (Å²) in [4.78, 5) is 160. The second kappa shape index (κ2) is 34.1. The van der Waals surface area contributed by atoms with Crippen LogP contribution in [0, 0.1) is 5.92 Å². The molecule has 0 aromatic heterocycles. The number of nitrogens with zero attached hydrogens (tertiary/aromatic N) is 1. The molecule has 0 saturated carbocycles. The number of nitrogens with one attached hydrogen (secondary N) is 8. The zero-order valence-electron chi connectivity index (χ0n) is 44.3. The number of rotatable bonds is 36. The van der Waals surface area contributed by atoms with Crippen molar-refractivity contribution in [3.8, 4) is 5.75 Å². The highest BCUT2D eigenvalue weighted by atomic mass is 16.4. The first-order chi connectivity index (χ1) is 37.6. The van der Waals surface area contributed by atoms with Gasteiger partial charge in [0.15, 0.2) is 5.96 Å². The Kier molecular flexibility index (Phi) is 28.6. The molecule has 80 heavy (non-hydrogen) atoms. The number of carboxylic acid groups (broad SMARTS) is 3. The fourth-order valence-corrected chi connectivity index (χ4v) is 7.47. The second-order valence-electron chi connectivity index (χ2n) is 18.7. The molecule has 0 aliphatic rings. The molecule has 440 valence electrons. The molecule has 21 N–H and O–H groups in total. The number of hydrogen-bond acceptors (Lipinski definition) is 16. The van der Waals surface area contributed by atoms with Crippen LogP contribution in [0.2, 0.25) is 0 Å². The Hall–Kier alpha value is -8.93. The number of primary amides is 1. The van der Waals surface area contributed by atoms with E-state index >= 15 is 0 Å². The van der Waals surface area contributed by atoms with Crippen molar-refractivity contribution in [2.24, 2.45) is 33.8 Å². The first kappa shape index (κ1) is 67.2. The molecular formula is C50H73N13O17. The number of amides is 9. The van der Waals surface area contributed by atoms with Gasteiger partial charge in [0.1, 0.15) is 48.0 Å². The molecule has 0 heterocycles. The third-order valence-electron chi connectivity index (χ3n) is 12.1. The van der Waals surface area contributed by atoms with Crippen LogP contribution in [0.15, 0.2) is 59.6 Å². The van der Waals surface area contributed by atoms with Crippen molar-refractivity contribution in [1.82, 2.24) is 42.5 Å². The van der Waals surface area contributed by atoms with Gasteiger partial charge >= 0.3 is 17.9 Å². The normalized spacial score (nSPS) is 14.6. The van der Waals surface area contributed by atoms with E-state index in [1.54, 1.807) is 37.3 Å². The molecule has 0 fully saturated rings. The summed E-state index contributed by atoms with van der Waals surface area (Å²) in [5.41, 5.74) is 23.0. The van der Waals surface area contributed by atoms with Gasteiger partial charge < -0.3 is 91.0 Å². The van der Waals surface area contributed by atoms with E-state index < -0.39 is 164 Å². The number of aromatic hydroxyl groups is 1. The van der Waals surface area contributed by atoms with Crippen LogP contribution in [0.4, 0.5) is 0 Å². The second-order valence-corrected chi connectivity index (χ2v) is 18.7. The molecule has 0 aliphatic carbocycles. The van der Waals surface area contributed by atoms with Crippen molar-refractivity contribution < 1.29 is 83.1 Å². The molecule has 2 aromatic carbocycles. The largest absolute Gasteiger partial charge is 0.508 e. The molecule has 0 spiro atoms. The van der Waals surface area contributed by atoms with Gasteiger partial charge in [0.05, 0.1) is 25.1 Å². The lowest BCUT2D eigenvalue weighted by Gasteiger charge is -2.28. The van der Waals surface area contributed by atoms with Crippen LogP contribution in [-0.4, -0.2) is 170 Å². The number of phenolic OH excluding ortho intramolecular Hbond substituents is 1. The molecule has 2 aromatic rings. The molecule has 9 amide bonds. The van der Waals surface area contributed by atoms with Crippen LogP contribution >= 0.6 is 0 Å². The number of benzene rings is 2. The molecule has 0 radical (unpaired) electrons. The van der Waals surface area contributed by atoms with E-state index in [1.165, 1.54) is 31.2 Å². The van der Waals surface area contributed by atoms with Crippen LogP contribution in [-0.2, 0) is 70.4 Å². The molecule has 10 unspecified atom stereocenters. The van der Waals surface area contributed by atoms with Crippen LogP contribution in [0.3, 0.4) is 0 Å². The number of aliphatic hydroxyl groups is 1. The number of nitrogens with two attached hydrogens (primary N) is 4. The van der Waals surface area contributed by atoms with E-state index in [4.69, 9.17) is 28.0 Å². The zero-order chi connectivity index (χ0) is 60.2. The summed E-state index contributed by atoms with van der Waals surface area (Å²) in [6.07, 6.45) is -4.88. The SMILES string of the molecule is CCC(C)C(NC(=O)C(CC(=O)O)NC(=O)C(CCC(N)=O)NC(=O)C(NC(=O)C(Cc1ccccc1)NC(=O)CNC(=O)C(CCCN=C(N)N)NC(=O)C(Cc1ccc(O)cc1)NC(=O)C(N)CCC(=O)O)C(C)O)C(=O)O. The van der Waals surface area contributed by atoms with E-state index in [-0.39, 0.29) is 56.8 Å². The quantitative estimate of drug-likeness (QED) is 0.0173.